The third-order valence-electron chi connectivity index (χ3n) is 2.94. The van der Waals surface area contributed by atoms with Gasteiger partial charge in [-0.25, -0.2) is 8.42 Å². The van der Waals surface area contributed by atoms with E-state index >= 15 is 0 Å². The second-order valence-electron chi connectivity index (χ2n) is 4.50. The molecule has 2 rings (SSSR count). The second kappa shape index (κ2) is 5.01. The van der Waals surface area contributed by atoms with Crippen LogP contribution in [0.1, 0.15) is 17.0 Å². The lowest BCUT2D eigenvalue weighted by molar-refractivity contribution is 0.594. The standard InChI is InChI=1S/C14H16N2O2S/c1-10-5-3-6-12(16-10)9-19(17,18)14-8-4-7-13(15)11(14)2/h3-8H,9,15H2,1-2H3. The maximum atomic E-state index is 12.4. The Balaban J connectivity index is 2.41. The highest BCUT2D eigenvalue weighted by Gasteiger charge is 2.19. The zero-order valence-corrected chi connectivity index (χ0v) is 11.7. The lowest BCUT2D eigenvalue weighted by atomic mass is 10.2. The SMILES string of the molecule is Cc1cccc(CS(=O)(=O)c2cccc(N)c2C)n1. The van der Waals surface area contributed by atoms with E-state index in [0.29, 0.717) is 16.9 Å². The molecule has 0 saturated heterocycles. The van der Waals surface area contributed by atoms with Crippen molar-refractivity contribution in [3.8, 4) is 0 Å². The van der Waals surface area contributed by atoms with Crippen LogP contribution in [0.25, 0.3) is 0 Å². The first-order valence-corrected chi connectivity index (χ1v) is 7.56. The molecular formula is C14H16N2O2S. The van der Waals surface area contributed by atoms with E-state index in [2.05, 4.69) is 4.98 Å². The molecule has 0 aliphatic heterocycles. The summed E-state index contributed by atoms with van der Waals surface area (Å²) in [5.74, 6) is -0.112. The van der Waals surface area contributed by atoms with Crippen molar-refractivity contribution >= 4 is 15.5 Å². The zero-order chi connectivity index (χ0) is 14.0. The molecule has 19 heavy (non-hydrogen) atoms. The summed E-state index contributed by atoms with van der Waals surface area (Å²) in [5, 5.41) is 0. The van der Waals surface area contributed by atoms with Gasteiger partial charge >= 0.3 is 0 Å². The fourth-order valence-corrected chi connectivity index (χ4v) is 3.50. The molecule has 0 unspecified atom stereocenters. The molecule has 0 fully saturated rings. The lowest BCUT2D eigenvalue weighted by Gasteiger charge is -2.09. The molecule has 1 aromatic heterocycles. The van der Waals surface area contributed by atoms with Gasteiger partial charge in [0.2, 0.25) is 0 Å². The summed E-state index contributed by atoms with van der Waals surface area (Å²) in [5.41, 5.74) is 8.18. The maximum Gasteiger partial charge on any atom is 0.184 e. The molecule has 1 heterocycles. The number of anilines is 1. The van der Waals surface area contributed by atoms with Crippen LogP contribution in [-0.2, 0) is 15.6 Å². The van der Waals surface area contributed by atoms with E-state index in [4.69, 9.17) is 5.73 Å². The van der Waals surface area contributed by atoms with E-state index < -0.39 is 9.84 Å². The van der Waals surface area contributed by atoms with Crippen molar-refractivity contribution in [1.29, 1.82) is 0 Å². The fraction of sp³-hybridized carbons (Fsp3) is 0.214. The summed E-state index contributed by atoms with van der Waals surface area (Å²) in [6.45, 7) is 3.55. The third-order valence-corrected chi connectivity index (χ3v) is 4.73. The number of aryl methyl sites for hydroxylation is 1. The Bertz CT molecular complexity index is 709. The minimum atomic E-state index is -3.43. The molecule has 0 atom stereocenters. The number of hydrogen-bond acceptors (Lipinski definition) is 4. The van der Waals surface area contributed by atoms with Crippen molar-refractivity contribution in [3.05, 3.63) is 53.3 Å². The molecule has 0 saturated carbocycles. The van der Waals surface area contributed by atoms with E-state index in [1.165, 1.54) is 0 Å². The summed E-state index contributed by atoms with van der Waals surface area (Å²) in [6.07, 6.45) is 0. The predicted octanol–water partition coefficient (Wildman–Crippen LogP) is 2.25. The van der Waals surface area contributed by atoms with Crippen molar-refractivity contribution in [2.45, 2.75) is 24.5 Å². The molecule has 1 aromatic carbocycles. The predicted molar refractivity (Wildman–Crippen MR) is 75.5 cm³/mol. The average molecular weight is 276 g/mol. The van der Waals surface area contributed by atoms with Crippen LogP contribution in [0.2, 0.25) is 0 Å². The van der Waals surface area contributed by atoms with Crippen LogP contribution in [0.15, 0.2) is 41.3 Å². The van der Waals surface area contributed by atoms with Gasteiger partial charge in [-0.3, -0.25) is 4.98 Å². The van der Waals surface area contributed by atoms with Gasteiger partial charge in [0.1, 0.15) is 0 Å². The summed E-state index contributed by atoms with van der Waals surface area (Å²) in [7, 11) is -3.43. The Hall–Kier alpha value is -1.88. The largest absolute Gasteiger partial charge is 0.398 e. The van der Waals surface area contributed by atoms with Crippen LogP contribution < -0.4 is 5.73 Å². The summed E-state index contributed by atoms with van der Waals surface area (Å²) in [6, 6.07) is 10.3. The van der Waals surface area contributed by atoms with Crippen LogP contribution in [0.4, 0.5) is 5.69 Å². The van der Waals surface area contributed by atoms with Crippen molar-refractivity contribution in [3.63, 3.8) is 0 Å². The number of nitrogens with zero attached hydrogens (tertiary/aromatic N) is 1. The number of aromatic nitrogens is 1. The molecule has 0 spiro atoms. The summed E-state index contributed by atoms with van der Waals surface area (Å²) in [4.78, 5) is 4.50. The molecule has 5 heteroatoms. The number of nitrogen functional groups attached to an aromatic ring is 1. The maximum absolute atomic E-state index is 12.4. The highest BCUT2D eigenvalue weighted by atomic mass is 32.2. The molecule has 0 aliphatic carbocycles. The van der Waals surface area contributed by atoms with E-state index in [-0.39, 0.29) is 10.6 Å². The topological polar surface area (TPSA) is 73.0 Å². The molecule has 0 amide bonds. The van der Waals surface area contributed by atoms with Gasteiger partial charge < -0.3 is 5.73 Å². The second-order valence-corrected chi connectivity index (χ2v) is 6.46. The van der Waals surface area contributed by atoms with Gasteiger partial charge in [-0.05, 0) is 43.7 Å². The Morgan fingerprint density at radius 3 is 2.47 bits per heavy atom. The van der Waals surface area contributed by atoms with Crippen LogP contribution >= 0.6 is 0 Å². The van der Waals surface area contributed by atoms with Crippen molar-refractivity contribution in [1.82, 2.24) is 4.98 Å². The number of sulfone groups is 1. The zero-order valence-electron chi connectivity index (χ0n) is 10.9. The minimum absolute atomic E-state index is 0.112. The third kappa shape index (κ3) is 2.93. The number of hydrogen-bond donors (Lipinski definition) is 1. The smallest absolute Gasteiger partial charge is 0.184 e. The summed E-state index contributed by atoms with van der Waals surface area (Å²) < 4.78 is 24.8. The normalized spacial score (nSPS) is 11.5. The first-order valence-electron chi connectivity index (χ1n) is 5.90. The number of pyridine rings is 1. The van der Waals surface area contributed by atoms with E-state index in [9.17, 15) is 8.42 Å². The highest BCUT2D eigenvalue weighted by molar-refractivity contribution is 7.90. The Morgan fingerprint density at radius 1 is 1.11 bits per heavy atom. The van der Waals surface area contributed by atoms with E-state index in [1.54, 1.807) is 37.3 Å². The number of benzene rings is 1. The van der Waals surface area contributed by atoms with Gasteiger partial charge in [0.05, 0.1) is 16.3 Å². The van der Waals surface area contributed by atoms with Crippen LogP contribution in [-0.4, -0.2) is 13.4 Å². The monoisotopic (exact) mass is 276 g/mol. The van der Waals surface area contributed by atoms with Crippen molar-refractivity contribution in [2.24, 2.45) is 0 Å². The summed E-state index contributed by atoms with van der Waals surface area (Å²) >= 11 is 0. The van der Waals surface area contributed by atoms with Crippen LogP contribution in [0.3, 0.4) is 0 Å². The van der Waals surface area contributed by atoms with Gasteiger partial charge in [-0.2, -0.15) is 0 Å². The minimum Gasteiger partial charge on any atom is -0.398 e. The van der Waals surface area contributed by atoms with Gasteiger partial charge in [0.15, 0.2) is 9.84 Å². The number of rotatable bonds is 3. The van der Waals surface area contributed by atoms with Crippen molar-refractivity contribution in [2.75, 3.05) is 5.73 Å². The Labute approximate surface area is 113 Å². The fourth-order valence-electron chi connectivity index (χ4n) is 1.92. The molecule has 2 N–H and O–H groups in total. The van der Waals surface area contributed by atoms with E-state index in [1.807, 2.05) is 13.0 Å². The van der Waals surface area contributed by atoms with Gasteiger partial charge in [0, 0.05) is 11.4 Å². The first kappa shape index (κ1) is 13.5. The Morgan fingerprint density at radius 2 is 1.79 bits per heavy atom. The molecule has 0 aliphatic rings. The molecular weight excluding hydrogens is 260 g/mol. The van der Waals surface area contributed by atoms with Gasteiger partial charge in [-0.15, -0.1) is 0 Å². The van der Waals surface area contributed by atoms with Gasteiger partial charge in [-0.1, -0.05) is 12.1 Å². The van der Waals surface area contributed by atoms with E-state index in [0.717, 1.165) is 5.69 Å². The number of nitrogens with two attached hydrogens (primary N) is 1. The molecule has 4 nitrogen and oxygen atoms in total. The Kier molecular flexibility index (Phi) is 3.57. The lowest BCUT2D eigenvalue weighted by Crippen LogP contribution is -2.09. The molecule has 0 bridgehead atoms. The molecule has 100 valence electrons. The average Bonchev–Trinajstić information content (AvgIpc) is 2.32. The van der Waals surface area contributed by atoms with Crippen molar-refractivity contribution < 1.29 is 8.42 Å². The van der Waals surface area contributed by atoms with Crippen LogP contribution in [0.5, 0.6) is 0 Å². The first-order chi connectivity index (χ1) is 8.90. The quantitative estimate of drug-likeness (QED) is 0.873. The van der Waals surface area contributed by atoms with Gasteiger partial charge in [0.25, 0.3) is 0 Å². The van der Waals surface area contributed by atoms with Crippen LogP contribution in [0, 0.1) is 13.8 Å². The highest BCUT2D eigenvalue weighted by Crippen LogP contribution is 2.23. The molecule has 0 radical (unpaired) electrons. The molecule has 2 aromatic rings.